The number of hydrogen-bond acceptors (Lipinski definition) is 11. The van der Waals surface area contributed by atoms with E-state index < -0.39 is 67.3 Å². The van der Waals surface area contributed by atoms with E-state index in [1.54, 1.807) is 0 Å². The molecule has 472 valence electrons. The van der Waals surface area contributed by atoms with Crippen molar-refractivity contribution in [3.05, 3.63) is 109 Å². The van der Waals surface area contributed by atoms with Gasteiger partial charge in [0.1, 0.15) is 18.8 Å². The highest BCUT2D eigenvalue weighted by molar-refractivity contribution is 5.74. The zero-order valence-electron chi connectivity index (χ0n) is 52.2. The Morgan fingerprint density at radius 3 is 1.24 bits per heavy atom. The fraction of sp³-hybridized carbons (Fsp3) is 0.690. The van der Waals surface area contributed by atoms with Crippen molar-refractivity contribution < 1.29 is 58.2 Å². The van der Waals surface area contributed by atoms with Crippen LogP contribution >= 0.6 is 0 Å². The smallest absolute Gasteiger partial charge is 0.335 e. The Bertz CT molecular complexity index is 1860. The van der Waals surface area contributed by atoms with Crippen LogP contribution in [0.2, 0.25) is 0 Å². The van der Waals surface area contributed by atoms with Crippen LogP contribution in [0, 0.1) is 0 Å². The Morgan fingerprint density at radius 2 is 0.783 bits per heavy atom. The van der Waals surface area contributed by atoms with E-state index >= 15 is 0 Å². The number of hydrogen-bond donors (Lipinski definition) is 3. The average molecular weight is 1160 g/mol. The van der Waals surface area contributed by atoms with E-state index in [2.05, 4.69) is 118 Å². The van der Waals surface area contributed by atoms with Crippen molar-refractivity contribution in [2.24, 2.45) is 0 Å². The minimum absolute atomic E-state index is 0.0434. The normalized spacial score (nSPS) is 18.3. The number of carbonyl (C=O) groups excluding carboxylic acids is 3. The van der Waals surface area contributed by atoms with Gasteiger partial charge in [0, 0.05) is 19.3 Å². The van der Waals surface area contributed by atoms with Gasteiger partial charge in [0.25, 0.3) is 0 Å². The maximum absolute atomic E-state index is 13.2. The number of carboxylic acid groups (broad SMARTS) is 1. The molecule has 0 aromatic heterocycles. The lowest BCUT2D eigenvalue weighted by molar-refractivity contribution is -0.301. The highest BCUT2D eigenvalue weighted by atomic mass is 16.7. The molecule has 0 saturated carbocycles. The molecule has 0 spiro atoms. The molecule has 12 nitrogen and oxygen atoms in total. The average Bonchev–Trinajstić information content (AvgIpc) is 3.59. The van der Waals surface area contributed by atoms with Gasteiger partial charge in [-0.2, -0.15) is 0 Å². The second-order valence-corrected chi connectivity index (χ2v) is 22.0. The van der Waals surface area contributed by atoms with Gasteiger partial charge in [-0.1, -0.05) is 239 Å². The van der Waals surface area contributed by atoms with Gasteiger partial charge in [-0.05, 0) is 116 Å². The van der Waals surface area contributed by atoms with E-state index in [4.69, 9.17) is 23.7 Å². The summed E-state index contributed by atoms with van der Waals surface area (Å²) in [6.45, 7) is 5.80. The number of aliphatic carboxylic acids is 1. The fourth-order valence-electron chi connectivity index (χ4n) is 9.30. The summed E-state index contributed by atoms with van der Waals surface area (Å²) in [5.41, 5.74) is 0. The minimum atomic E-state index is -1.92. The summed E-state index contributed by atoms with van der Waals surface area (Å²) >= 11 is 0. The summed E-state index contributed by atoms with van der Waals surface area (Å²) in [7, 11) is 0. The predicted octanol–water partition coefficient (Wildman–Crippen LogP) is 17.8. The van der Waals surface area contributed by atoms with Crippen molar-refractivity contribution >= 4 is 23.9 Å². The van der Waals surface area contributed by atoms with Crippen molar-refractivity contribution in [3.8, 4) is 0 Å². The van der Waals surface area contributed by atoms with Crippen molar-refractivity contribution in [2.75, 3.05) is 13.2 Å². The minimum Gasteiger partial charge on any atom is -0.479 e. The van der Waals surface area contributed by atoms with E-state index in [9.17, 15) is 34.5 Å². The van der Waals surface area contributed by atoms with Crippen molar-refractivity contribution in [1.29, 1.82) is 0 Å². The largest absolute Gasteiger partial charge is 0.479 e. The van der Waals surface area contributed by atoms with Gasteiger partial charge in [0.2, 0.25) is 0 Å². The molecular weight excluding hydrogens is 1040 g/mol. The SMILES string of the molecule is CC/C=C\C/C=C\C/C=C\C/C=C\C/C=C\C/C=C\CCC(=O)OCC(COC1OC(C(=O)O)C(O)C(O)C1OC(=O)CCCCCCCCC/C=C\CCCCCCCC)OC(=O)CCCCCCCCC/C=C\C/C=C\CCCCC. The predicted molar refractivity (Wildman–Crippen MR) is 340 cm³/mol. The molecular formula is C71H116O12. The molecule has 0 aromatic carbocycles. The van der Waals surface area contributed by atoms with Crippen LogP contribution in [0.1, 0.15) is 265 Å². The first-order valence-electron chi connectivity index (χ1n) is 32.9. The first kappa shape index (κ1) is 76.4. The number of rotatable bonds is 55. The Morgan fingerprint density at radius 1 is 0.410 bits per heavy atom. The van der Waals surface area contributed by atoms with Gasteiger partial charge >= 0.3 is 23.9 Å². The van der Waals surface area contributed by atoms with Crippen molar-refractivity contribution in [3.63, 3.8) is 0 Å². The number of esters is 3. The van der Waals surface area contributed by atoms with Crippen LogP contribution in [0.25, 0.3) is 0 Å². The fourth-order valence-corrected chi connectivity index (χ4v) is 9.30. The van der Waals surface area contributed by atoms with Crippen LogP contribution in [0.15, 0.2) is 109 Å². The van der Waals surface area contributed by atoms with E-state index in [-0.39, 0.29) is 25.9 Å². The third-order valence-corrected chi connectivity index (χ3v) is 14.3. The molecule has 1 saturated heterocycles. The summed E-state index contributed by atoms with van der Waals surface area (Å²) in [6, 6.07) is 0. The molecule has 3 N–H and O–H groups in total. The van der Waals surface area contributed by atoms with Crippen molar-refractivity contribution in [2.45, 2.75) is 302 Å². The molecule has 1 heterocycles. The monoisotopic (exact) mass is 1160 g/mol. The summed E-state index contributed by atoms with van der Waals surface area (Å²) in [5, 5.41) is 31.6. The molecule has 0 amide bonds. The number of aliphatic hydroxyl groups is 2. The van der Waals surface area contributed by atoms with Gasteiger partial charge in [-0.25, -0.2) is 4.79 Å². The van der Waals surface area contributed by atoms with Gasteiger partial charge in [0.15, 0.2) is 24.6 Å². The van der Waals surface area contributed by atoms with Crippen LogP contribution in [-0.4, -0.2) is 89.2 Å². The maximum Gasteiger partial charge on any atom is 0.335 e. The van der Waals surface area contributed by atoms with Crippen LogP contribution in [0.3, 0.4) is 0 Å². The number of ether oxygens (including phenoxy) is 5. The zero-order valence-corrected chi connectivity index (χ0v) is 52.2. The highest BCUT2D eigenvalue weighted by Crippen LogP contribution is 2.26. The molecule has 1 aliphatic rings. The molecule has 0 aromatic rings. The molecule has 1 fully saturated rings. The summed E-state index contributed by atoms with van der Waals surface area (Å²) in [5.74, 6) is -3.25. The second kappa shape index (κ2) is 57.8. The van der Waals surface area contributed by atoms with E-state index in [0.29, 0.717) is 19.3 Å². The molecule has 6 unspecified atom stereocenters. The molecule has 83 heavy (non-hydrogen) atoms. The number of aliphatic hydroxyl groups excluding tert-OH is 2. The molecule has 12 heteroatoms. The first-order chi connectivity index (χ1) is 40.6. The van der Waals surface area contributed by atoms with Crippen molar-refractivity contribution in [1.82, 2.24) is 0 Å². The lowest BCUT2D eigenvalue weighted by Crippen LogP contribution is -2.61. The number of carboxylic acids is 1. The second-order valence-electron chi connectivity index (χ2n) is 22.0. The van der Waals surface area contributed by atoms with Gasteiger partial charge in [0.05, 0.1) is 6.61 Å². The summed E-state index contributed by atoms with van der Waals surface area (Å²) < 4.78 is 28.5. The van der Waals surface area contributed by atoms with E-state index in [1.807, 2.05) is 12.2 Å². The quantitative estimate of drug-likeness (QED) is 0.0228. The van der Waals surface area contributed by atoms with Crippen LogP contribution in [-0.2, 0) is 42.9 Å². The highest BCUT2D eigenvalue weighted by Gasteiger charge is 2.50. The van der Waals surface area contributed by atoms with E-state index in [0.717, 1.165) is 135 Å². The Balaban J connectivity index is 2.72. The third-order valence-electron chi connectivity index (χ3n) is 14.3. The molecule has 6 atom stereocenters. The van der Waals surface area contributed by atoms with Gasteiger partial charge in [-0.15, -0.1) is 0 Å². The van der Waals surface area contributed by atoms with Gasteiger partial charge < -0.3 is 39.0 Å². The zero-order chi connectivity index (χ0) is 60.3. The number of allylic oxidation sites excluding steroid dienone is 18. The Labute approximate surface area is 504 Å². The standard InChI is InChI=1S/C71H116O12/c1-4-7-10-13-16-19-22-25-28-31-32-35-36-39-42-45-48-51-54-57-63(72)79-60-62(81-64(73)58-55-52-49-46-43-40-37-33-29-26-23-20-17-14-11-8-5-2)61-80-71-69(67(76)66(75)68(83-71)70(77)78)82-65(74)59-56-53-50-47-44-41-38-34-30-27-24-21-18-15-12-9-6-3/h7,10,16-17,19-20,25-30,32,35,39,42,48,51,62,66-69,71,75-76H,4-6,8-9,11-15,18,21-24,31,33-34,36-38,40-41,43-47,49-50,52-61H2,1-3H3,(H,77,78)/b10-7-,19-16-,20-17-,28-25-,29-26-,30-27-,35-32-,42-39-,51-48-. The number of carbonyl (C=O) groups is 4. The number of unbranched alkanes of at least 4 members (excludes halogenated alkanes) is 23. The van der Waals surface area contributed by atoms with Crippen LogP contribution in [0.5, 0.6) is 0 Å². The Kier molecular flexibility index (Phi) is 53.2. The molecule has 0 aliphatic carbocycles. The molecule has 1 aliphatic heterocycles. The lowest BCUT2D eigenvalue weighted by atomic mass is 9.98. The third kappa shape index (κ3) is 47.3. The molecule has 0 radical (unpaired) electrons. The lowest BCUT2D eigenvalue weighted by Gasteiger charge is -2.40. The van der Waals surface area contributed by atoms with E-state index in [1.165, 1.54) is 70.6 Å². The maximum atomic E-state index is 13.2. The van der Waals surface area contributed by atoms with Gasteiger partial charge in [-0.3, -0.25) is 14.4 Å². The van der Waals surface area contributed by atoms with Crippen LogP contribution in [0.4, 0.5) is 0 Å². The summed E-state index contributed by atoms with van der Waals surface area (Å²) in [4.78, 5) is 51.3. The first-order valence-corrected chi connectivity index (χ1v) is 32.9. The summed E-state index contributed by atoms with van der Waals surface area (Å²) in [6.07, 6.45) is 66.2. The molecule has 0 bridgehead atoms. The molecule has 1 rings (SSSR count). The van der Waals surface area contributed by atoms with Crippen LogP contribution < -0.4 is 0 Å². The Hall–Kier alpha value is -4.62. The topological polar surface area (TPSA) is 175 Å².